The highest BCUT2D eigenvalue weighted by molar-refractivity contribution is 5.73. The molecule has 12 heavy (non-hydrogen) atoms. The molecule has 70 valence electrons. The van der Waals surface area contributed by atoms with Crippen molar-refractivity contribution in [1.29, 1.82) is 0 Å². The molecule has 2 atom stereocenters. The number of halogens is 2. The first-order chi connectivity index (χ1) is 5.65. The quantitative estimate of drug-likeness (QED) is 0.601. The summed E-state index contributed by atoms with van der Waals surface area (Å²) in [7, 11) is 0. The molecule has 0 N–H and O–H groups in total. The average molecular weight is 178 g/mol. The molecule has 1 rings (SSSR count). The Balaban J connectivity index is 2.40. The Labute approximate surface area is 69.9 Å². The zero-order valence-corrected chi connectivity index (χ0v) is 6.93. The third-order valence-corrected chi connectivity index (χ3v) is 2.03. The van der Waals surface area contributed by atoms with Gasteiger partial charge in [0, 0.05) is 0 Å². The Bertz CT molecular complexity index is 162. The first-order valence-corrected chi connectivity index (χ1v) is 4.10. The van der Waals surface area contributed by atoms with Crippen molar-refractivity contribution in [2.75, 3.05) is 6.61 Å². The maximum absolute atomic E-state index is 12.6. The standard InChI is InChI=1S/C8H12F2O2/c1-2-12-8(11)5-3-6(9)7(10)4-5/h5-7H,2-4H2,1H3/t6-,7-/m1/s1. The van der Waals surface area contributed by atoms with E-state index < -0.39 is 24.2 Å². The lowest BCUT2D eigenvalue weighted by molar-refractivity contribution is -0.148. The Kier molecular flexibility index (Phi) is 3.00. The molecule has 0 unspecified atom stereocenters. The second kappa shape index (κ2) is 3.83. The maximum atomic E-state index is 12.6. The van der Waals surface area contributed by atoms with E-state index in [1.54, 1.807) is 6.92 Å². The second-order valence-electron chi connectivity index (χ2n) is 2.95. The molecular formula is C8H12F2O2. The van der Waals surface area contributed by atoms with Crippen LogP contribution < -0.4 is 0 Å². The molecule has 0 saturated heterocycles. The maximum Gasteiger partial charge on any atom is 0.309 e. The smallest absolute Gasteiger partial charge is 0.309 e. The van der Waals surface area contributed by atoms with Gasteiger partial charge >= 0.3 is 5.97 Å². The lowest BCUT2D eigenvalue weighted by Gasteiger charge is -2.06. The van der Waals surface area contributed by atoms with Crippen molar-refractivity contribution in [3.8, 4) is 0 Å². The third-order valence-electron chi connectivity index (χ3n) is 2.03. The van der Waals surface area contributed by atoms with Gasteiger partial charge in [0.2, 0.25) is 0 Å². The number of esters is 1. The van der Waals surface area contributed by atoms with Crippen LogP contribution in [0.15, 0.2) is 0 Å². The van der Waals surface area contributed by atoms with Crippen LogP contribution in [-0.2, 0) is 9.53 Å². The van der Waals surface area contributed by atoms with Crippen LogP contribution in [0.25, 0.3) is 0 Å². The van der Waals surface area contributed by atoms with Crippen molar-refractivity contribution >= 4 is 5.97 Å². The summed E-state index contributed by atoms with van der Waals surface area (Å²) < 4.78 is 29.8. The van der Waals surface area contributed by atoms with Crippen molar-refractivity contribution in [2.45, 2.75) is 32.1 Å². The third kappa shape index (κ3) is 1.93. The second-order valence-corrected chi connectivity index (χ2v) is 2.95. The molecular weight excluding hydrogens is 166 g/mol. The molecule has 1 fully saturated rings. The van der Waals surface area contributed by atoms with E-state index in [2.05, 4.69) is 4.74 Å². The van der Waals surface area contributed by atoms with Gasteiger partial charge in [0.15, 0.2) is 0 Å². The topological polar surface area (TPSA) is 26.3 Å². The van der Waals surface area contributed by atoms with E-state index in [1.165, 1.54) is 0 Å². The van der Waals surface area contributed by atoms with Gasteiger partial charge in [0.1, 0.15) is 12.3 Å². The van der Waals surface area contributed by atoms with E-state index in [1.807, 2.05) is 0 Å². The Morgan fingerprint density at radius 3 is 2.33 bits per heavy atom. The fourth-order valence-corrected chi connectivity index (χ4v) is 1.39. The van der Waals surface area contributed by atoms with Gasteiger partial charge in [-0.15, -0.1) is 0 Å². The molecule has 1 aliphatic carbocycles. The van der Waals surface area contributed by atoms with Crippen LogP contribution in [0.4, 0.5) is 8.78 Å². The molecule has 0 amide bonds. The molecule has 0 aromatic carbocycles. The highest BCUT2D eigenvalue weighted by Gasteiger charge is 2.38. The summed E-state index contributed by atoms with van der Waals surface area (Å²) in [6, 6.07) is 0. The fraction of sp³-hybridized carbons (Fsp3) is 0.875. The van der Waals surface area contributed by atoms with Gasteiger partial charge in [-0.05, 0) is 19.8 Å². The molecule has 0 heterocycles. The van der Waals surface area contributed by atoms with Crippen LogP contribution >= 0.6 is 0 Å². The summed E-state index contributed by atoms with van der Waals surface area (Å²) in [5, 5.41) is 0. The Morgan fingerprint density at radius 1 is 1.42 bits per heavy atom. The summed E-state index contributed by atoms with van der Waals surface area (Å²) in [5.74, 6) is -1.05. The first-order valence-electron chi connectivity index (χ1n) is 4.10. The number of carbonyl (C=O) groups is 1. The highest BCUT2D eigenvalue weighted by Crippen LogP contribution is 2.31. The van der Waals surface area contributed by atoms with Gasteiger partial charge in [-0.3, -0.25) is 4.79 Å². The van der Waals surface area contributed by atoms with Crippen LogP contribution in [0.2, 0.25) is 0 Å². The molecule has 1 saturated carbocycles. The minimum Gasteiger partial charge on any atom is -0.466 e. The van der Waals surface area contributed by atoms with E-state index in [0.717, 1.165) is 0 Å². The van der Waals surface area contributed by atoms with Gasteiger partial charge < -0.3 is 4.74 Å². The van der Waals surface area contributed by atoms with Crippen molar-refractivity contribution < 1.29 is 18.3 Å². The Hall–Kier alpha value is -0.670. The van der Waals surface area contributed by atoms with Crippen LogP contribution in [0, 0.1) is 5.92 Å². The van der Waals surface area contributed by atoms with Crippen LogP contribution in [0.1, 0.15) is 19.8 Å². The minimum atomic E-state index is -1.49. The normalized spacial score (nSPS) is 30.6. The monoisotopic (exact) mass is 178 g/mol. The molecule has 0 aliphatic heterocycles. The molecule has 0 bridgehead atoms. The first kappa shape index (κ1) is 9.42. The average Bonchev–Trinajstić information content (AvgIpc) is 2.33. The van der Waals surface area contributed by atoms with Crippen LogP contribution in [0.5, 0.6) is 0 Å². The molecule has 0 aromatic heterocycles. The van der Waals surface area contributed by atoms with Gasteiger partial charge in [-0.1, -0.05) is 0 Å². The number of hydrogen-bond donors (Lipinski definition) is 0. The van der Waals surface area contributed by atoms with Gasteiger partial charge in [-0.25, -0.2) is 8.78 Å². The number of ether oxygens (including phenoxy) is 1. The van der Waals surface area contributed by atoms with Gasteiger partial charge in [0.25, 0.3) is 0 Å². The van der Waals surface area contributed by atoms with Crippen LogP contribution in [-0.4, -0.2) is 24.9 Å². The highest BCUT2D eigenvalue weighted by atomic mass is 19.2. The number of alkyl halides is 2. The summed E-state index contributed by atoms with van der Waals surface area (Å²) in [4.78, 5) is 11.0. The Morgan fingerprint density at radius 2 is 1.92 bits per heavy atom. The van der Waals surface area contributed by atoms with E-state index in [9.17, 15) is 13.6 Å². The van der Waals surface area contributed by atoms with E-state index in [4.69, 9.17) is 0 Å². The molecule has 0 spiro atoms. The van der Waals surface area contributed by atoms with Crippen molar-refractivity contribution in [3.05, 3.63) is 0 Å². The van der Waals surface area contributed by atoms with E-state index in [-0.39, 0.29) is 19.4 Å². The lowest BCUT2D eigenvalue weighted by Crippen LogP contribution is -2.15. The zero-order chi connectivity index (χ0) is 9.14. The molecule has 0 aromatic rings. The van der Waals surface area contributed by atoms with Crippen molar-refractivity contribution in [1.82, 2.24) is 0 Å². The van der Waals surface area contributed by atoms with E-state index >= 15 is 0 Å². The van der Waals surface area contributed by atoms with Gasteiger partial charge in [0.05, 0.1) is 12.5 Å². The number of carbonyl (C=O) groups excluding carboxylic acids is 1. The summed E-state index contributed by atoms with van der Waals surface area (Å²) in [6.45, 7) is 1.94. The molecule has 0 radical (unpaired) electrons. The van der Waals surface area contributed by atoms with Gasteiger partial charge in [-0.2, -0.15) is 0 Å². The largest absolute Gasteiger partial charge is 0.466 e. The predicted molar refractivity (Wildman–Crippen MR) is 39.1 cm³/mol. The molecule has 1 aliphatic rings. The lowest BCUT2D eigenvalue weighted by atomic mass is 10.1. The number of hydrogen-bond acceptors (Lipinski definition) is 2. The predicted octanol–water partition coefficient (Wildman–Crippen LogP) is 1.64. The SMILES string of the molecule is CCOC(=O)C1C[C@@H](F)[C@H](F)C1. The summed E-state index contributed by atoms with van der Waals surface area (Å²) in [5.41, 5.74) is 0. The molecule has 2 nitrogen and oxygen atoms in total. The number of rotatable bonds is 2. The van der Waals surface area contributed by atoms with Crippen LogP contribution in [0.3, 0.4) is 0 Å². The van der Waals surface area contributed by atoms with Crippen molar-refractivity contribution in [3.63, 3.8) is 0 Å². The molecule has 4 heteroatoms. The summed E-state index contributed by atoms with van der Waals surface area (Å²) >= 11 is 0. The zero-order valence-electron chi connectivity index (χ0n) is 6.93. The minimum absolute atomic E-state index is 0.0278. The van der Waals surface area contributed by atoms with Crippen molar-refractivity contribution in [2.24, 2.45) is 5.92 Å². The summed E-state index contributed by atoms with van der Waals surface area (Å²) in [6.07, 6.45) is -3.03. The fourth-order valence-electron chi connectivity index (χ4n) is 1.39. The van der Waals surface area contributed by atoms with E-state index in [0.29, 0.717) is 0 Å².